The number of hydrogen-bond acceptors (Lipinski definition) is 2. The first-order valence-corrected chi connectivity index (χ1v) is 5.25. The summed E-state index contributed by atoms with van der Waals surface area (Å²) in [5.74, 6) is 0.281. The highest BCUT2D eigenvalue weighted by Crippen LogP contribution is 2.30. The van der Waals surface area contributed by atoms with Gasteiger partial charge in [0.25, 0.3) is 0 Å². The van der Waals surface area contributed by atoms with Gasteiger partial charge in [0.1, 0.15) is 0 Å². The van der Waals surface area contributed by atoms with Crippen molar-refractivity contribution >= 4 is 0 Å². The molecule has 0 aromatic heterocycles. The standard InChI is InChI=1S/C11H20N2/c1-4-6-13-7-5-10(9-12)8-11(13,2)3/h10H,4-8H2,1-3H3. The fraction of sp³-hybridized carbons (Fsp3) is 0.909. The Kier molecular flexibility index (Phi) is 3.33. The van der Waals surface area contributed by atoms with Crippen LogP contribution in [0.4, 0.5) is 0 Å². The zero-order valence-corrected chi connectivity index (χ0v) is 9.01. The van der Waals surface area contributed by atoms with Gasteiger partial charge in [-0.1, -0.05) is 6.92 Å². The van der Waals surface area contributed by atoms with Crippen LogP contribution >= 0.6 is 0 Å². The molecule has 1 aliphatic heterocycles. The monoisotopic (exact) mass is 180 g/mol. The second kappa shape index (κ2) is 4.11. The molecule has 0 aromatic rings. The zero-order valence-electron chi connectivity index (χ0n) is 9.01. The molecule has 0 radical (unpaired) electrons. The summed E-state index contributed by atoms with van der Waals surface area (Å²) in [4.78, 5) is 2.51. The molecule has 1 heterocycles. The van der Waals surface area contributed by atoms with E-state index >= 15 is 0 Å². The molecule has 74 valence electrons. The van der Waals surface area contributed by atoms with Gasteiger partial charge in [0, 0.05) is 11.5 Å². The quantitative estimate of drug-likeness (QED) is 0.652. The first-order chi connectivity index (χ1) is 6.10. The molecule has 0 amide bonds. The lowest BCUT2D eigenvalue weighted by Gasteiger charge is -2.44. The van der Waals surface area contributed by atoms with Crippen molar-refractivity contribution in [2.45, 2.75) is 45.6 Å². The molecular formula is C11H20N2. The Hall–Kier alpha value is -0.550. The van der Waals surface area contributed by atoms with Crippen LogP contribution in [0, 0.1) is 17.2 Å². The van der Waals surface area contributed by atoms with Crippen LogP contribution < -0.4 is 0 Å². The molecule has 0 bridgehead atoms. The van der Waals surface area contributed by atoms with E-state index in [0.717, 1.165) is 19.4 Å². The Balaban J connectivity index is 2.57. The van der Waals surface area contributed by atoms with E-state index in [0.29, 0.717) is 0 Å². The Morgan fingerprint density at radius 2 is 2.23 bits per heavy atom. The SMILES string of the molecule is CCCN1CCC(C#N)CC1(C)C. The van der Waals surface area contributed by atoms with Crippen LogP contribution in [0.15, 0.2) is 0 Å². The van der Waals surface area contributed by atoms with Gasteiger partial charge in [-0.3, -0.25) is 4.90 Å². The molecule has 0 aromatic carbocycles. The molecule has 1 atom stereocenters. The van der Waals surface area contributed by atoms with Crippen LogP contribution in [-0.2, 0) is 0 Å². The molecule has 0 N–H and O–H groups in total. The summed E-state index contributed by atoms with van der Waals surface area (Å²) in [5.41, 5.74) is 0.231. The Labute approximate surface area is 81.5 Å². The van der Waals surface area contributed by atoms with Gasteiger partial charge in [0.15, 0.2) is 0 Å². The summed E-state index contributed by atoms with van der Waals surface area (Å²) in [6.07, 6.45) is 3.30. The van der Waals surface area contributed by atoms with Crippen LogP contribution in [0.5, 0.6) is 0 Å². The number of likely N-dealkylation sites (tertiary alicyclic amines) is 1. The molecule has 2 nitrogen and oxygen atoms in total. The van der Waals surface area contributed by atoms with E-state index in [2.05, 4.69) is 31.7 Å². The lowest BCUT2D eigenvalue weighted by atomic mass is 9.83. The van der Waals surface area contributed by atoms with E-state index in [1.807, 2.05) is 0 Å². The predicted molar refractivity (Wildman–Crippen MR) is 54.3 cm³/mol. The van der Waals surface area contributed by atoms with Crippen LogP contribution in [0.25, 0.3) is 0 Å². The van der Waals surface area contributed by atoms with Gasteiger partial charge >= 0.3 is 0 Å². The second-order valence-corrected chi connectivity index (χ2v) is 4.62. The maximum Gasteiger partial charge on any atom is 0.0657 e. The van der Waals surface area contributed by atoms with E-state index in [1.165, 1.54) is 13.0 Å². The molecule has 1 unspecified atom stereocenters. The topological polar surface area (TPSA) is 27.0 Å². The van der Waals surface area contributed by atoms with Crippen LogP contribution in [0.3, 0.4) is 0 Å². The highest BCUT2D eigenvalue weighted by molar-refractivity contribution is 4.96. The maximum atomic E-state index is 8.87. The minimum atomic E-state index is 0.231. The van der Waals surface area contributed by atoms with Gasteiger partial charge in [-0.2, -0.15) is 5.26 Å². The predicted octanol–water partition coefficient (Wildman–Crippen LogP) is 2.41. The molecule has 13 heavy (non-hydrogen) atoms. The zero-order chi connectivity index (χ0) is 9.90. The minimum Gasteiger partial charge on any atom is -0.298 e. The minimum absolute atomic E-state index is 0.231. The molecule has 1 aliphatic rings. The van der Waals surface area contributed by atoms with Gasteiger partial charge in [-0.05, 0) is 46.2 Å². The Morgan fingerprint density at radius 1 is 1.54 bits per heavy atom. The maximum absolute atomic E-state index is 8.87. The summed E-state index contributed by atoms with van der Waals surface area (Å²) in [7, 11) is 0. The number of rotatable bonds is 2. The van der Waals surface area contributed by atoms with Crippen LogP contribution in [0.2, 0.25) is 0 Å². The number of nitriles is 1. The molecule has 1 rings (SSSR count). The van der Waals surface area contributed by atoms with Crippen molar-refractivity contribution in [1.82, 2.24) is 4.90 Å². The van der Waals surface area contributed by atoms with Gasteiger partial charge in [-0.25, -0.2) is 0 Å². The van der Waals surface area contributed by atoms with Crippen LogP contribution in [-0.4, -0.2) is 23.5 Å². The summed E-state index contributed by atoms with van der Waals surface area (Å²) >= 11 is 0. The lowest BCUT2D eigenvalue weighted by Crippen LogP contribution is -2.49. The van der Waals surface area contributed by atoms with E-state index in [4.69, 9.17) is 5.26 Å². The van der Waals surface area contributed by atoms with Crippen LogP contribution in [0.1, 0.15) is 40.0 Å². The third-order valence-electron chi connectivity index (χ3n) is 3.03. The van der Waals surface area contributed by atoms with E-state index < -0.39 is 0 Å². The van der Waals surface area contributed by atoms with E-state index in [-0.39, 0.29) is 11.5 Å². The molecule has 0 aliphatic carbocycles. The fourth-order valence-electron chi connectivity index (χ4n) is 2.24. The largest absolute Gasteiger partial charge is 0.298 e. The average molecular weight is 180 g/mol. The van der Waals surface area contributed by atoms with Crippen molar-refractivity contribution in [1.29, 1.82) is 5.26 Å². The first-order valence-electron chi connectivity index (χ1n) is 5.25. The highest BCUT2D eigenvalue weighted by atomic mass is 15.2. The molecule has 0 spiro atoms. The Morgan fingerprint density at radius 3 is 2.69 bits per heavy atom. The molecular weight excluding hydrogens is 160 g/mol. The van der Waals surface area contributed by atoms with Crippen molar-refractivity contribution in [3.05, 3.63) is 0 Å². The lowest BCUT2D eigenvalue weighted by molar-refractivity contribution is 0.0605. The highest BCUT2D eigenvalue weighted by Gasteiger charge is 2.33. The number of nitrogens with zero attached hydrogens (tertiary/aromatic N) is 2. The van der Waals surface area contributed by atoms with Crippen molar-refractivity contribution < 1.29 is 0 Å². The van der Waals surface area contributed by atoms with Gasteiger partial charge < -0.3 is 0 Å². The second-order valence-electron chi connectivity index (χ2n) is 4.62. The summed E-state index contributed by atoms with van der Waals surface area (Å²) in [6, 6.07) is 2.40. The molecule has 2 heteroatoms. The summed E-state index contributed by atoms with van der Waals surface area (Å²) in [6.45, 7) is 9.00. The Bertz CT molecular complexity index is 203. The van der Waals surface area contributed by atoms with Crippen molar-refractivity contribution in [3.8, 4) is 6.07 Å². The molecule has 1 saturated heterocycles. The molecule has 0 saturated carbocycles. The number of hydrogen-bond donors (Lipinski definition) is 0. The fourth-order valence-corrected chi connectivity index (χ4v) is 2.24. The summed E-state index contributed by atoms with van der Waals surface area (Å²) in [5, 5.41) is 8.87. The normalized spacial score (nSPS) is 28.3. The summed E-state index contributed by atoms with van der Waals surface area (Å²) < 4.78 is 0. The van der Waals surface area contributed by atoms with Crippen molar-refractivity contribution in [2.24, 2.45) is 5.92 Å². The van der Waals surface area contributed by atoms with Crippen molar-refractivity contribution in [2.75, 3.05) is 13.1 Å². The van der Waals surface area contributed by atoms with Crippen molar-refractivity contribution in [3.63, 3.8) is 0 Å². The smallest absolute Gasteiger partial charge is 0.0657 e. The average Bonchev–Trinajstić information content (AvgIpc) is 2.08. The third kappa shape index (κ3) is 2.45. The van der Waals surface area contributed by atoms with E-state index in [9.17, 15) is 0 Å². The van der Waals surface area contributed by atoms with Gasteiger partial charge in [0.05, 0.1) is 6.07 Å². The van der Waals surface area contributed by atoms with Gasteiger partial charge in [0.2, 0.25) is 0 Å². The van der Waals surface area contributed by atoms with Gasteiger partial charge in [-0.15, -0.1) is 0 Å². The van der Waals surface area contributed by atoms with E-state index in [1.54, 1.807) is 0 Å². The third-order valence-corrected chi connectivity index (χ3v) is 3.03. The number of piperidine rings is 1. The molecule has 1 fully saturated rings. The first kappa shape index (κ1) is 10.5.